The molecule has 9 nitrogen and oxygen atoms in total. The first-order chi connectivity index (χ1) is 23.3. The second kappa shape index (κ2) is 13.5. The van der Waals surface area contributed by atoms with E-state index in [9.17, 15) is 14.4 Å². The van der Waals surface area contributed by atoms with Gasteiger partial charge in [-0.05, 0) is 108 Å². The molecule has 0 saturated carbocycles. The summed E-state index contributed by atoms with van der Waals surface area (Å²) in [6.07, 6.45) is 9.53. The molecule has 3 heterocycles. The maximum Gasteiger partial charge on any atom is 0.303 e. The normalized spacial score (nSPS) is 21.4. The fraction of sp³-hybridized carbons (Fsp3) is 0.462. The second-order valence-corrected chi connectivity index (χ2v) is 13.6. The largest absolute Gasteiger partial charge is 0.493 e. The van der Waals surface area contributed by atoms with Crippen LogP contribution >= 0.6 is 0 Å². The first-order valence-corrected chi connectivity index (χ1v) is 17.2. The van der Waals surface area contributed by atoms with E-state index in [4.69, 9.17) is 29.5 Å². The first-order valence-electron chi connectivity index (χ1n) is 17.2. The van der Waals surface area contributed by atoms with E-state index < -0.39 is 17.9 Å². The number of aryl methyl sites for hydroxylation is 3. The molecule has 3 aliphatic carbocycles. The van der Waals surface area contributed by atoms with Gasteiger partial charge in [0, 0.05) is 36.0 Å². The minimum absolute atomic E-state index is 0.198. The predicted molar refractivity (Wildman–Crippen MR) is 177 cm³/mol. The van der Waals surface area contributed by atoms with Gasteiger partial charge in [0.15, 0.2) is 0 Å². The molecule has 1 unspecified atom stereocenters. The molecular weight excluding hydrogens is 612 g/mol. The van der Waals surface area contributed by atoms with E-state index >= 15 is 0 Å². The number of carboxylic acids is 3. The topological polar surface area (TPSA) is 140 Å². The van der Waals surface area contributed by atoms with Crippen molar-refractivity contribution in [1.29, 1.82) is 0 Å². The molecule has 3 atom stereocenters. The van der Waals surface area contributed by atoms with Gasteiger partial charge in [-0.25, -0.2) is 0 Å². The Morgan fingerprint density at radius 1 is 0.479 bits per heavy atom. The lowest BCUT2D eigenvalue weighted by Crippen LogP contribution is -2.05. The number of hydrogen-bond donors (Lipinski definition) is 3. The number of rotatable bonds is 6. The lowest BCUT2D eigenvalue weighted by Gasteiger charge is -2.12. The first kappa shape index (κ1) is 32.0. The number of carbonyl (C=O) groups is 3. The Balaban J connectivity index is 0.000000114. The minimum atomic E-state index is -0.700. The van der Waals surface area contributed by atoms with Gasteiger partial charge in [0.2, 0.25) is 0 Å². The van der Waals surface area contributed by atoms with E-state index in [0.29, 0.717) is 0 Å². The molecule has 3 aromatic rings. The lowest BCUT2D eigenvalue weighted by atomic mass is 9.92. The van der Waals surface area contributed by atoms with Crippen molar-refractivity contribution in [3.8, 4) is 17.2 Å². The third-order valence-corrected chi connectivity index (χ3v) is 10.8. The maximum atomic E-state index is 10.8. The molecule has 0 radical (unpaired) electrons. The molecule has 6 aliphatic rings. The number of aliphatic carboxylic acids is 3. The summed E-state index contributed by atoms with van der Waals surface area (Å²) in [6, 6.07) is 12.4. The highest BCUT2D eigenvalue weighted by Gasteiger charge is 2.33. The Morgan fingerprint density at radius 3 is 1.04 bits per heavy atom. The molecule has 0 bridgehead atoms. The smallest absolute Gasteiger partial charge is 0.303 e. The fourth-order valence-corrected chi connectivity index (χ4v) is 8.89. The van der Waals surface area contributed by atoms with Crippen molar-refractivity contribution in [3.63, 3.8) is 0 Å². The van der Waals surface area contributed by atoms with Crippen LogP contribution in [0.3, 0.4) is 0 Å². The van der Waals surface area contributed by atoms with Gasteiger partial charge >= 0.3 is 17.9 Å². The Labute approximate surface area is 279 Å². The highest BCUT2D eigenvalue weighted by Crippen LogP contribution is 2.45. The van der Waals surface area contributed by atoms with Gasteiger partial charge in [0.05, 0.1) is 39.1 Å². The monoisotopic (exact) mass is 654 g/mol. The molecule has 3 N–H and O–H groups in total. The fourth-order valence-electron chi connectivity index (χ4n) is 8.89. The summed E-state index contributed by atoms with van der Waals surface area (Å²) in [5, 5.41) is 26.8. The molecule has 252 valence electrons. The summed E-state index contributed by atoms with van der Waals surface area (Å²) in [5.74, 6) is 1.40. The molecule has 48 heavy (non-hydrogen) atoms. The Bertz CT molecular complexity index is 1560. The zero-order valence-corrected chi connectivity index (χ0v) is 27.1. The Hall–Kier alpha value is -4.53. The van der Waals surface area contributed by atoms with Crippen molar-refractivity contribution in [1.82, 2.24) is 0 Å². The van der Waals surface area contributed by atoms with E-state index in [0.717, 1.165) is 94.9 Å². The van der Waals surface area contributed by atoms with Crippen LogP contribution in [0, 0.1) is 0 Å². The summed E-state index contributed by atoms with van der Waals surface area (Å²) in [6.45, 7) is 2.22. The van der Waals surface area contributed by atoms with Gasteiger partial charge in [-0.15, -0.1) is 0 Å². The second-order valence-electron chi connectivity index (χ2n) is 13.6. The Kier molecular flexibility index (Phi) is 9.03. The average Bonchev–Trinajstić information content (AvgIpc) is 3.88. The third kappa shape index (κ3) is 6.34. The van der Waals surface area contributed by atoms with E-state index in [1.54, 1.807) is 0 Å². The van der Waals surface area contributed by atoms with E-state index in [1.807, 2.05) is 18.2 Å². The summed E-state index contributed by atoms with van der Waals surface area (Å²) in [7, 11) is 0. The van der Waals surface area contributed by atoms with Crippen molar-refractivity contribution in [2.24, 2.45) is 0 Å². The molecule has 0 aromatic heterocycles. The van der Waals surface area contributed by atoms with Crippen LogP contribution in [-0.2, 0) is 52.9 Å². The molecule has 3 aromatic carbocycles. The standard InChI is InChI=1S/3C13H14O3/c3*14-12(15)7-9-2-1-8-3-4-11-10(13(8)9)5-6-16-11/h3*3-4,9H,1-2,5-7H2,(H,14,15)/t2*9-;/m10./s1. The van der Waals surface area contributed by atoms with Gasteiger partial charge in [0.25, 0.3) is 0 Å². The maximum absolute atomic E-state index is 10.8. The van der Waals surface area contributed by atoms with Crippen LogP contribution in [0.4, 0.5) is 0 Å². The van der Waals surface area contributed by atoms with Gasteiger partial charge < -0.3 is 29.5 Å². The molecule has 0 fully saturated rings. The van der Waals surface area contributed by atoms with Crippen LogP contribution in [0.2, 0.25) is 0 Å². The van der Waals surface area contributed by atoms with E-state index in [1.165, 1.54) is 50.1 Å². The summed E-state index contributed by atoms with van der Waals surface area (Å²) in [4.78, 5) is 32.5. The molecular formula is C39H42O9. The van der Waals surface area contributed by atoms with Crippen LogP contribution in [0.15, 0.2) is 36.4 Å². The minimum Gasteiger partial charge on any atom is -0.493 e. The lowest BCUT2D eigenvalue weighted by molar-refractivity contribution is -0.138. The highest BCUT2D eigenvalue weighted by molar-refractivity contribution is 5.70. The average molecular weight is 655 g/mol. The van der Waals surface area contributed by atoms with Crippen LogP contribution in [0.5, 0.6) is 17.2 Å². The zero-order valence-electron chi connectivity index (χ0n) is 27.1. The van der Waals surface area contributed by atoms with E-state index in [-0.39, 0.29) is 37.0 Å². The molecule has 0 spiro atoms. The summed E-state index contributed by atoms with van der Waals surface area (Å²) < 4.78 is 16.6. The highest BCUT2D eigenvalue weighted by atomic mass is 16.5. The van der Waals surface area contributed by atoms with Crippen molar-refractivity contribution < 1.29 is 43.9 Å². The van der Waals surface area contributed by atoms with Gasteiger partial charge in [0.1, 0.15) is 17.2 Å². The van der Waals surface area contributed by atoms with Gasteiger partial charge in [-0.2, -0.15) is 0 Å². The van der Waals surface area contributed by atoms with Gasteiger partial charge in [-0.3, -0.25) is 14.4 Å². The van der Waals surface area contributed by atoms with Crippen molar-refractivity contribution >= 4 is 17.9 Å². The van der Waals surface area contributed by atoms with Gasteiger partial charge in [-0.1, -0.05) is 18.2 Å². The molecule has 9 heteroatoms. The zero-order chi connectivity index (χ0) is 33.4. The quantitative estimate of drug-likeness (QED) is 0.276. The third-order valence-electron chi connectivity index (χ3n) is 10.8. The molecule has 9 rings (SSSR count). The number of fused-ring (bicyclic) bond motifs is 9. The number of benzene rings is 3. The SMILES string of the molecule is O=C(O)CC1CCc2ccc3c(c21)CCO3.O=C(O)C[C@@H]1CCc2ccc3c(c21)CCO3.O=C(O)C[C@H]1CCc2ccc3c(c21)CCO3. The summed E-state index contributed by atoms with van der Waals surface area (Å²) in [5.41, 5.74) is 11.6. The van der Waals surface area contributed by atoms with Crippen LogP contribution in [0.1, 0.15) is 106 Å². The molecule has 3 aliphatic heterocycles. The predicted octanol–water partition coefficient (Wildman–Crippen LogP) is 6.38. The number of carboxylic acid groups (broad SMARTS) is 3. The Morgan fingerprint density at radius 2 is 0.771 bits per heavy atom. The van der Waals surface area contributed by atoms with Crippen LogP contribution in [0.25, 0.3) is 0 Å². The van der Waals surface area contributed by atoms with Crippen LogP contribution in [-0.4, -0.2) is 53.0 Å². The van der Waals surface area contributed by atoms with Crippen molar-refractivity contribution in [3.05, 3.63) is 86.5 Å². The van der Waals surface area contributed by atoms with Crippen molar-refractivity contribution in [2.45, 2.75) is 94.8 Å². The van der Waals surface area contributed by atoms with E-state index in [2.05, 4.69) is 18.2 Å². The number of hydrogen-bond acceptors (Lipinski definition) is 6. The summed E-state index contributed by atoms with van der Waals surface area (Å²) >= 11 is 0. The number of ether oxygens (including phenoxy) is 3. The van der Waals surface area contributed by atoms with Crippen LogP contribution < -0.4 is 14.2 Å². The van der Waals surface area contributed by atoms with Crippen molar-refractivity contribution in [2.75, 3.05) is 19.8 Å². The molecule has 0 saturated heterocycles. The molecule has 0 amide bonds.